The molecule has 2 aromatic carbocycles. The molecule has 31 heavy (non-hydrogen) atoms. The van der Waals surface area contributed by atoms with Gasteiger partial charge in [-0.05, 0) is 41.8 Å². The van der Waals surface area contributed by atoms with Crippen molar-refractivity contribution >= 4 is 17.6 Å². The molecule has 0 spiro atoms. The van der Waals surface area contributed by atoms with E-state index in [2.05, 4.69) is 44.4 Å². The maximum atomic E-state index is 13.2. The number of nitrogens with one attached hydrogen (secondary N) is 1. The maximum absolute atomic E-state index is 13.2. The van der Waals surface area contributed by atoms with E-state index in [0.29, 0.717) is 19.5 Å². The summed E-state index contributed by atoms with van der Waals surface area (Å²) in [5.41, 5.74) is 3.39. The highest BCUT2D eigenvalue weighted by Gasteiger charge is 2.21. The molecule has 0 unspecified atom stereocenters. The molecular weight excluding hydrogens is 393 g/mol. The van der Waals surface area contributed by atoms with Crippen LogP contribution in [0.3, 0.4) is 0 Å². The van der Waals surface area contributed by atoms with Crippen molar-refractivity contribution in [3.05, 3.63) is 65.5 Å². The van der Waals surface area contributed by atoms with Gasteiger partial charge in [-0.1, -0.05) is 24.3 Å². The second-order valence-corrected chi connectivity index (χ2v) is 8.09. The lowest BCUT2D eigenvalue weighted by Gasteiger charge is -2.37. The summed E-state index contributed by atoms with van der Waals surface area (Å²) in [6, 6.07) is 15.1. The number of carbonyl (C=O) groups excluding carboxylic acids is 1. The van der Waals surface area contributed by atoms with E-state index in [0.717, 1.165) is 56.4 Å². The van der Waals surface area contributed by atoms with Crippen LogP contribution in [0.25, 0.3) is 0 Å². The Balaban J connectivity index is 1.29. The highest BCUT2D eigenvalue weighted by atomic mass is 19.1. The highest BCUT2D eigenvalue weighted by Crippen LogP contribution is 2.18. The van der Waals surface area contributed by atoms with Gasteiger partial charge in [-0.3, -0.25) is 9.79 Å². The number of likely N-dealkylation sites (tertiary alicyclic amines) is 1. The summed E-state index contributed by atoms with van der Waals surface area (Å²) in [6.07, 6.45) is 1.64. The Bertz CT molecular complexity index is 922. The number of guanidine groups is 1. The fraction of sp³-hybridized carbons (Fsp3) is 0.417. The Morgan fingerprint density at radius 1 is 1.03 bits per heavy atom. The molecule has 7 heteroatoms. The molecule has 2 saturated heterocycles. The van der Waals surface area contributed by atoms with Crippen molar-refractivity contribution in [2.75, 3.05) is 44.7 Å². The molecule has 2 heterocycles. The average molecular weight is 424 g/mol. The van der Waals surface area contributed by atoms with Crippen LogP contribution in [-0.4, -0.2) is 61.4 Å². The second-order valence-electron chi connectivity index (χ2n) is 8.09. The van der Waals surface area contributed by atoms with Crippen molar-refractivity contribution < 1.29 is 9.18 Å². The first-order chi connectivity index (χ1) is 15.1. The molecule has 1 N–H and O–H groups in total. The number of rotatable bonds is 5. The largest absolute Gasteiger partial charge is 0.368 e. The Hall–Kier alpha value is -3.09. The van der Waals surface area contributed by atoms with E-state index in [1.165, 1.54) is 17.7 Å². The van der Waals surface area contributed by atoms with Gasteiger partial charge in [-0.2, -0.15) is 0 Å². The van der Waals surface area contributed by atoms with Crippen molar-refractivity contribution in [1.29, 1.82) is 0 Å². The van der Waals surface area contributed by atoms with Gasteiger partial charge in [0.25, 0.3) is 0 Å². The number of hydrogen-bond acceptors (Lipinski definition) is 3. The van der Waals surface area contributed by atoms with Gasteiger partial charge in [-0.25, -0.2) is 4.39 Å². The van der Waals surface area contributed by atoms with Gasteiger partial charge in [0.1, 0.15) is 5.82 Å². The number of carbonyl (C=O) groups is 1. The standard InChI is InChI=1S/C24H30FN5O/c1-26-24(29-14-12-28(13-15-29)22-9-7-21(25)8-10-22)27-17-19-4-2-5-20(16-19)18-30-11-3-6-23(30)31/h2,4-5,7-10,16H,3,6,11-15,17-18H2,1H3,(H,26,27). The topological polar surface area (TPSA) is 51.2 Å². The third-order valence-electron chi connectivity index (χ3n) is 5.97. The fourth-order valence-corrected chi connectivity index (χ4v) is 4.27. The predicted molar refractivity (Wildman–Crippen MR) is 121 cm³/mol. The molecule has 0 radical (unpaired) electrons. The van der Waals surface area contributed by atoms with Gasteiger partial charge in [0.05, 0.1) is 0 Å². The Morgan fingerprint density at radius 3 is 2.45 bits per heavy atom. The zero-order chi connectivity index (χ0) is 21.6. The van der Waals surface area contributed by atoms with Crippen LogP contribution in [0, 0.1) is 5.82 Å². The molecule has 0 atom stereocenters. The first-order valence-corrected chi connectivity index (χ1v) is 10.9. The van der Waals surface area contributed by atoms with Crippen LogP contribution >= 0.6 is 0 Å². The number of aliphatic imine (C=N–C) groups is 1. The summed E-state index contributed by atoms with van der Waals surface area (Å²) in [6.45, 7) is 5.68. The molecule has 0 bridgehead atoms. The van der Waals surface area contributed by atoms with E-state index < -0.39 is 0 Å². The molecule has 2 fully saturated rings. The summed E-state index contributed by atoms with van der Waals surface area (Å²) < 4.78 is 13.2. The van der Waals surface area contributed by atoms with Gasteiger partial charge < -0.3 is 20.0 Å². The summed E-state index contributed by atoms with van der Waals surface area (Å²) in [4.78, 5) is 22.8. The van der Waals surface area contributed by atoms with E-state index in [9.17, 15) is 9.18 Å². The maximum Gasteiger partial charge on any atom is 0.222 e. The quantitative estimate of drug-likeness (QED) is 0.594. The van der Waals surface area contributed by atoms with Crippen LogP contribution in [0.15, 0.2) is 53.5 Å². The second kappa shape index (κ2) is 9.81. The van der Waals surface area contributed by atoms with Crippen molar-refractivity contribution in [3.8, 4) is 0 Å². The molecule has 0 saturated carbocycles. The summed E-state index contributed by atoms with van der Waals surface area (Å²) in [5, 5.41) is 3.47. The third-order valence-corrected chi connectivity index (χ3v) is 5.97. The normalized spacial score (nSPS) is 17.4. The molecule has 164 valence electrons. The van der Waals surface area contributed by atoms with Gasteiger partial charge in [-0.15, -0.1) is 0 Å². The number of benzene rings is 2. The monoisotopic (exact) mass is 423 g/mol. The molecular formula is C24H30FN5O. The molecule has 0 aliphatic carbocycles. The predicted octanol–water partition coefficient (Wildman–Crippen LogP) is 2.85. The first-order valence-electron chi connectivity index (χ1n) is 10.9. The van der Waals surface area contributed by atoms with Crippen LogP contribution in [0.5, 0.6) is 0 Å². The zero-order valence-corrected chi connectivity index (χ0v) is 18.1. The van der Waals surface area contributed by atoms with E-state index in [1.807, 2.05) is 24.1 Å². The molecule has 6 nitrogen and oxygen atoms in total. The smallest absolute Gasteiger partial charge is 0.222 e. The van der Waals surface area contributed by atoms with E-state index in [1.54, 1.807) is 0 Å². The Kier molecular flexibility index (Phi) is 6.70. The van der Waals surface area contributed by atoms with Gasteiger partial charge in [0.15, 0.2) is 5.96 Å². The molecule has 4 rings (SSSR count). The van der Waals surface area contributed by atoms with Crippen LogP contribution in [0.1, 0.15) is 24.0 Å². The molecule has 0 aromatic heterocycles. The van der Waals surface area contributed by atoms with E-state index in [4.69, 9.17) is 0 Å². The van der Waals surface area contributed by atoms with Crippen LogP contribution in [-0.2, 0) is 17.9 Å². The Labute approximate surface area is 183 Å². The highest BCUT2D eigenvalue weighted by molar-refractivity contribution is 5.80. The summed E-state index contributed by atoms with van der Waals surface area (Å²) in [5.74, 6) is 0.936. The molecule has 2 aromatic rings. The number of anilines is 1. The van der Waals surface area contributed by atoms with E-state index >= 15 is 0 Å². The van der Waals surface area contributed by atoms with Crippen molar-refractivity contribution in [1.82, 2.24) is 15.1 Å². The number of piperazine rings is 1. The lowest BCUT2D eigenvalue weighted by atomic mass is 10.1. The SMILES string of the molecule is CN=C(NCc1cccc(CN2CCCC2=O)c1)N1CCN(c2ccc(F)cc2)CC1. The first kappa shape index (κ1) is 21.2. The van der Waals surface area contributed by atoms with Gasteiger partial charge in [0, 0.05) is 65.0 Å². The summed E-state index contributed by atoms with van der Waals surface area (Å²) in [7, 11) is 1.81. The Morgan fingerprint density at radius 2 is 1.77 bits per heavy atom. The van der Waals surface area contributed by atoms with Crippen LogP contribution < -0.4 is 10.2 Å². The minimum Gasteiger partial charge on any atom is -0.368 e. The zero-order valence-electron chi connectivity index (χ0n) is 18.1. The van der Waals surface area contributed by atoms with Crippen LogP contribution in [0.4, 0.5) is 10.1 Å². The van der Waals surface area contributed by atoms with E-state index in [-0.39, 0.29) is 11.7 Å². The average Bonchev–Trinajstić information content (AvgIpc) is 3.20. The van der Waals surface area contributed by atoms with Gasteiger partial charge in [0.2, 0.25) is 5.91 Å². The number of nitrogens with zero attached hydrogens (tertiary/aromatic N) is 4. The fourth-order valence-electron chi connectivity index (χ4n) is 4.27. The number of halogens is 1. The van der Waals surface area contributed by atoms with Crippen LogP contribution in [0.2, 0.25) is 0 Å². The minimum absolute atomic E-state index is 0.205. The summed E-state index contributed by atoms with van der Waals surface area (Å²) >= 11 is 0. The number of amides is 1. The number of hydrogen-bond donors (Lipinski definition) is 1. The van der Waals surface area contributed by atoms with Crippen molar-refractivity contribution in [2.24, 2.45) is 4.99 Å². The third kappa shape index (κ3) is 5.34. The van der Waals surface area contributed by atoms with Crippen molar-refractivity contribution in [2.45, 2.75) is 25.9 Å². The minimum atomic E-state index is -0.205. The molecule has 2 aliphatic rings. The van der Waals surface area contributed by atoms with Gasteiger partial charge >= 0.3 is 0 Å². The lowest BCUT2D eigenvalue weighted by Crippen LogP contribution is -2.52. The molecule has 1 amide bonds. The lowest BCUT2D eigenvalue weighted by molar-refractivity contribution is -0.128. The van der Waals surface area contributed by atoms with Crippen molar-refractivity contribution in [3.63, 3.8) is 0 Å². The molecule has 2 aliphatic heterocycles.